The van der Waals surface area contributed by atoms with Crippen LogP contribution in [-0.2, 0) is 4.79 Å². The lowest BCUT2D eigenvalue weighted by molar-refractivity contribution is -0.123. The second-order valence-corrected chi connectivity index (χ2v) is 7.06. The van der Waals surface area contributed by atoms with Crippen molar-refractivity contribution in [2.45, 2.75) is 51.7 Å². The van der Waals surface area contributed by atoms with Crippen molar-refractivity contribution in [3.8, 4) is 0 Å². The third-order valence-corrected chi connectivity index (χ3v) is 4.42. The number of amides is 3. The van der Waals surface area contributed by atoms with Crippen molar-refractivity contribution >= 4 is 17.6 Å². The number of benzene rings is 1. The number of likely N-dealkylation sites (tertiary alicyclic amines) is 1. The number of β-amino-alcohol motifs (C(OH)–C–C–N with tert-alkyl or cyclic N) is 1. The molecule has 6 heteroatoms. The highest BCUT2D eigenvalue weighted by Gasteiger charge is 2.28. The highest BCUT2D eigenvalue weighted by molar-refractivity contribution is 5.89. The second-order valence-electron chi connectivity index (χ2n) is 7.06. The summed E-state index contributed by atoms with van der Waals surface area (Å²) in [6.45, 7) is 4.94. The van der Waals surface area contributed by atoms with E-state index in [-0.39, 0.29) is 24.5 Å². The van der Waals surface area contributed by atoms with Gasteiger partial charge in [0.2, 0.25) is 5.91 Å². The number of aliphatic hydroxyl groups excluding tert-OH is 1. The van der Waals surface area contributed by atoms with Crippen LogP contribution >= 0.6 is 0 Å². The maximum atomic E-state index is 12.4. The monoisotopic (exact) mass is 347 g/mol. The minimum Gasteiger partial charge on any atom is -0.389 e. The Kier molecular flexibility index (Phi) is 7.25. The van der Waals surface area contributed by atoms with Crippen molar-refractivity contribution in [1.29, 1.82) is 0 Å². The molecule has 3 N–H and O–H groups in total. The maximum Gasteiger partial charge on any atom is 0.321 e. The predicted molar refractivity (Wildman–Crippen MR) is 98.3 cm³/mol. The van der Waals surface area contributed by atoms with Gasteiger partial charge in [0.25, 0.3) is 0 Å². The van der Waals surface area contributed by atoms with Gasteiger partial charge in [-0.15, -0.1) is 0 Å². The number of carbonyl (C=O) groups is 2. The fourth-order valence-corrected chi connectivity index (χ4v) is 2.91. The molecule has 1 heterocycles. The summed E-state index contributed by atoms with van der Waals surface area (Å²) in [6.07, 6.45) is 1.96. The van der Waals surface area contributed by atoms with E-state index < -0.39 is 6.10 Å². The molecule has 1 fully saturated rings. The van der Waals surface area contributed by atoms with Crippen molar-refractivity contribution in [2.75, 3.05) is 18.4 Å². The van der Waals surface area contributed by atoms with Crippen molar-refractivity contribution in [2.24, 2.45) is 5.92 Å². The standard InChI is InChI=1S/C19H29N3O3/c1-14(2)10-11-18(24)21-16-9-6-12-22(13-17(16)23)19(25)20-15-7-4-3-5-8-15/h3-5,7-8,14,16-17,23H,6,9-13H2,1-2H3,(H,20,25)(H,21,24)/t16?,17-/m0/s1. The third kappa shape index (κ3) is 6.38. The van der Waals surface area contributed by atoms with Gasteiger partial charge in [-0.25, -0.2) is 4.79 Å². The van der Waals surface area contributed by atoms with Crippen LogP contribution in [0.1, 0.15) is 39.5 Å². The van der Waals surface area contributed by atoms with Gasteiger partial charge in [-0.2, -0.15) is 0 Å². The van der Waals surface area contributed by atoms with Gasteiger partial charge in [-0.05, 0) is 37.3 Å². The number of anilines is 1. The SMILES string of the molecule is CC(C)CCC(=O)NC1CCCN(C(=O)Nc2ccccc2)C[C@@H]1O. The molecule has 0 bridgehead atoms. The first kappa shape index (κ1) is 19.2. The summed E-state index contributed by atoms with van der Waals surface area (Å²) in [5.41, 5.74) is 0.727. The molecule has 138 valence electrons. The molecular formula is C19H29N3O3. The van der Waals surface area contributed by atoms with Crippen LogP contribution in [0.15, 0.2) is 30.3 Å². The molecule has 25 heavy (non-hydrogen) atoms. The smallest absolute Gasteiger partial charge is 0.321 e. The average molecular weight is 347 g/mol. The van der Waals surface area contributed by atoms with E-state index in [1.165, 1.54) is 0 Å². The van der Waals surface area contributed by atoms with E-state index in [0.29, 0.717) is 25.3 Å². The number of aliphatic hydroxyl groups is 1. The molecule has 0 aliphatic carbocycles. The summed E-state index contributed by atoms with van der Waals surface area (Å²) in [5, 5.41) is 16.2. The van der Waals surface area contributed by atoms with E-state index in [9.17, 15) is 14.7 Å². The molecule has 2 rings (SSSR count). The van der Waals surface area contributed by atoms with E-state index >= 15 is 0 Å². The van der Waals surface area contributed by atoms with Crippen LogP contribution in [0.2, 0.25) is 0 Å². The van der Waals surface area contributed by atoms with Crippen molar-refractivity contribution in [3.05, 3.63) is 30.3 Å². The summed E-state index contributed by atoms with van der Waals surface area (Å²) >= 11 is 0. The molecule has 1 aromatic rings. The molecule has 1 aliphatic rings. The topological polar surface area (TPSA) is 81.7 Å². The Bertz CT molecular complexity index is 562. The van der Waals surface area contributed by atoms with Gasteiger partial charge in [0.05, 0.1) is 18.7 Å². The van der Waals surface area contributed by atoms with E-state index in [1.54, 1.807) is 4.90 Å². The van der Waals surface area contributed by atoms with Gasteiger partial charge in [-0.3, -0.25) is 4.79 Å². The minimum atomic E-state index is -0.757. The molecule has 0 spiro atoms. The van der Waals surface area contributed by atoms with Crippen LogP contribution in [0.3, 0.4) is 0 Å². The van der Waals surface area contributed by atoms with E-state index in [2.05, 4.69) is 24.5 Å². The van der Waals surface area contributed by atoms with Crippen LogP contribution in [0.5, 0.6) is 0 Å². The zero-order valence-electron chi connectivity index (χ0n) is 15.1. The van der Waals surface area contributed by atoms with Gasteiger partial charge >= 0.3 is 6.03 Å². The summed E-state index contributed by atoms with van der Waals surface area (Å²) in [5.74, 6) is 0.446. The first-order chi connectivity index (χ1) is 12.0. The molecule has 6 nitrogen and oxygen atoms in total. The zero-order chi connectivity index (χ0) is 18.2. The molecule has 0 saturated carbocycles. The molecule has 1 aliphatic heterocycles. The molecule has 0 aromatic heterocycles. The largest absolute Gasteiger partial charge is 0.389 e. The lowest BCUT2D eigenvalue weighted by atomic mass is 10.0. The molecule has 0 radical (unpaired) electrons. The number of carbonyl (C=O) groups excluding carboxylic acids is 2. The van der Waals surface area contributed by atoms with E-state index in [4.69, 9.17) is 0 Å². The van der Waals surface area contributed by atoms with Crippen molar-refractivity contribution in [1.82, 2.24) is 10.2 Å². The number of hydrogen-bond acceptors (Lipinski definition) is 3. The molecule has 1 saturated heterocycles. The highest BCUT2D eigenvalue weighted by atomic mass is 16.3. The lowest BCUT2D eigenvalue weighted by Gasteiger charge is -2.25. The predicted octanol–water partition coefficient (Wildman–Crippen LogP) is 2.60. The first-order valence-corrected chi connectivity index (χ1v) is 9.04. The number of hydrogen-bond donors (Lipinski definition) is 3. The van der Waals surface area contributed by atoms with Gasteiger partial charge in [0.1, 0.15) is 0 Å². The third-order valence-electron chi connectivity index (χ3n) is 4.42. The Balaban J connectivity index is 1.86. The van der Waals surface area contributed by atoms with Crippen LogP contribution < -0.4 is 10.6 Å². The van der Waals surface area contributed by atoms with Crippen molar-refractivity contribution in [3.63, 3.8) is 0 Å². The fourth-order valence-electron chi connectivity index (χ4n) is 2.91. The quantitative estimate of drug-likeness (QED) is 0.766. The molecular weight excluding hydrogens is 318 g/mol. The number of urea groups is 1. The normalized spacial score (nSPS) is 20.9. The average Bonchev–Trinajstić information content (AvgIpc) is 2.76. The van der Waals surface area contributed by atoms with Gasteiger partial charge < -0.3 is 20.6 Å². The Hall–Kier alpha value is -2.08. The van der Waals surface area contributed by atoms with Crippen molar-refractivity contribution < 1.29 is 14.7 Å². The number of nitrogens with zero attached hydrogens (tertiary/aromatic N) is 1. The highest BCUT2D eigenvalue weighted by Crippen LogP contribution is 2.15. The Morgan fingerprint density at radius 1 is 1.28 bits per heavy atom. The Morgan fingerprint density at radius 3 is 2.68 bits per heavy atom. The molecule has 2 atom stereocenters. The van der Waals surface area contributed by atoms with Gasteiger partial charge in [0.15, 0.2) is 0 Å². The van der Waals surface area contributed by atoms with Crippen LogP contribution in [0, 0.1) is 5.92 Å². The van der Waals surface area contributed by atoms with E-state index in [1.807, 2.05) is 30.3 Å². The summed E-state index contributed by atoms with van der Waals surface area (Å²) < 4.78 is 0. The fraction of sp³-hybridized carbons (Fsp3) is 0.579. The Morgan fingerprint density at radius 2 is 2.00 bits per heavy atom. The summed E-state index contributed by atoms with van der Waals surface area (Å²) in [4.78, 5) is 26.0. The second kappa shape index (κ2) is 9.42. The summed E-state index contributed by atoms with van der Waals surface area (Å²) in [7, 11) is 0. The number of nitrogens with one attached hydrogen (secondary N) is 2. The van der Waals surface area contributed by atoms with Gasteiger partial charge in [-0.1, -0.05) is 32.0 Å². The zero-order valence-corrected chi connectivity index (χ0v) is 15.1. The van der Waals surface area contributed by atoms with Crippen LogP contribution in [0.25, 0.3) is 0 Å². The summed E-state index contributed by atoms with van der Waals surface area (Å²) in [6, 6.07) is 8.72. The molecule has 1 unspecified atom stereocenters. The number of para-hydroxylation sites is 1. The van der Waals surface area contributed by atoms with E-state index in [0.717, 1.165) is 18.5 Å². The maximum absolute atomic E-state index is 12.4. The van der Waals surface area contributed by atoms with Gasteiger partial charge in [0, 0.05) is 18.7 Å². The Labute approximate surface area is 149 Å². The van der Waals surface area contributed by atoms with Crippen LogP contribution in [0.4, 0.5) is 10.5 Å². The molecule has 3 amide bonds. The molecule has 1 aromatic carbocycles. The lowest BCUT2D eigenvalue weighted by Crippen LogP contribution is -2.47. The number of rotatable bonds is 5. The first-order valence-electron chi connectivity index (χ1n) is 9.04. The minimum absolute atomic E-state index is 0.0278. The van der Waals surface area contributed by atoms with Crippen LogP contribution in [-0.4, -0.2) is 47.2 Å².